The number of nitrogens with one attached hydrogen (secondary N) is 1. The van der Waals surface area contributed by atoms with Crippen LogP contribution in [0.5, 0.6) is 0 Å². The van der Waals surface area contributed by atoms with E-state index < -0.39 is 9.84 Å². The summed E-state index contributed by atoms with van der Waals surface area (Å²) in [5.74, 6) is 0.545. The third kappa shape index (κ3) is 8.53. The van der Waals surface area contributed by atoms with E-state index in [1.807, 2.05) is 0 Å². The van der Waals surface area contributed by atoms with Crippen molar-refractivity contribution in [3.05, 3.63) is 0 Å². The van der Waals surface area contributed by atoms with E-state index in [9.17, 15) is 8.42 Å². The van der Waals surface area contributed by atoms with Gasteiger partial charge in [-0.05, 0) is 25.9 Å². The zero-order valence-corrected chi connectivity index (χ0v) is 9.62. The van der Waals surface area contributed by atoms with Crippen molar-refractivity contribution >= 4 is 21.4 Å². The summed E-state index contributed by atoms with van der Waals surface area (Å²) in [6.07, 6.45) is 1.76. The SMILES string of the molecule is CCCNCCCS(=O)(=O)CCCl. The van der Waals surface area contributed by atoms with E-state index in [0.29, 0.717) is 6.42 Å². The van der Waals surface area contributed by atoms with Crippen molar-refractivity contribution in [3.8, 4) is 0 Å². The fourth-order valence-electron chi connectivity index (χ4n) is 0.938. The van der Waals surface area contributed by atoms with Gasteiger partial charge < -0.3 is 5.32 Å². The molecular formula is C8H18ClNO2S. The maximum atomic E-state index is 11.2. The average molecular weight is 228 g/mol. The highest BCUT2D eigenvalue weighted by atomic mass is 35.5. The maximum Gasteiger partial charge on any atom is 0.151 e. The van der Waals surface area contributed by atoms with E-state index >= 15 is 0 Å². The van der Waals surface area contributed by atoms with Gasteiger partial charge in [0, 0.05) is 5.88 Å². The lowest BCUT2D eigenvalue weighted by Crippen LogP contribution is -2.20. The van der Waals surface area contributed by atoms with Crippen LogP contribution in [0, 0.1) is 0 Å². The van der Waals surface area contributed by atoms with E-state index in [1.165, 1.54) is 0 Å². The van der Waals surface area contributed by atoms with Crippen LogP contribution in [-0.4, -0.2) is 38.9 Å². The van der Waals surface area contributed by atoms with Crippen molar-refractivity contribution in [3.63, 3.8) is 0 Å². The summed E-state index contributed by atoms with van der Waals surface area (Å²) in [7, 11) is -2.89. The van der Waals surface area contributed by atoms with Crippen LogP contribution in [0.1, 0.15) is 19.8 Å². The third-order valence-corrected chi connectivity index (χ3v) is 3.77. The third-order valence-electron chi connectivity index (χ3n) is 1.62. The monoisotopic (exact) mass is 227 g/mol. The molecule has 0 heterocycles. The van der Waals surface area contributed by atoms with Crippen molar-refractivity contribution in [2.75, 3.05) is 30.5 Å². The molecule has 0 saturated carbocycles. The van der Waals surface area contributed by atoms with E-state index in [1.54, 1.807) is 0 Å². The van der Waals surface area contributed by atoms with Crippen LogP contribution in [0.3, 0.4) is 0 Å². The van der Waals surface area contributed by atoms with Gasteiger partial charge in [-0.25, -0.2) is 8.42 Å². The van der Waals surface area contributed by atoms with Gasteiger partial charge in [0.2, 0.25) is 0 Å². The summed E-state index contributed by atoms with van der Waals surface area (Å²) in [5, 5.41) is 3.15. The molecule has 0 fully saturated rings. The Labute approximate surface area is 85.8 Å². The normalized spacial score (nSPS) is 11.8. The molecule has 0 aliphatic carbocycles. The van der Waals surface area contributed by atoms with E-state index in [-0.39, 0.29) is 17.4 Å². The summed E-state index contributed by atoms with van der Waals surface area (Å²) in [4.78, 5) is 0. The number of rotatable bonds is 8. The van der Waals surface area contributed by atoms with Crippen LogP contribution >= 0.6 is 11.6 Å². The minimum absolute atomic E-state index is 0.0995. The number of hydrogen-bond donors (Lipinski definition) is 1. The predicted molar refractivity (Wildman–Crippen MR) is 57.2 cm³/mol. The van der Waals surface area contributed by atoms with Crippen molar-refractivity contribution < 1.29 is 8.42 Å². The van der Waals surface area contributed by atoms with Crippen molar-refractivity contribution in [1.29, 1.82) is 0 Å². The predicted octanol–water partition coefficient (Wildman–Crippen LogP) is 1.03. The van der Waals surface area contributed by atoms with Crippen LogP contribution in [-0.2, 0) is 9.84 Å². The molecule has 0 spiro atoms. The molecule has 0 saturated heterocycles. The lowest BCUT2D eigenvalue weighted by molar-refractivity contribution is 0.589. The van der Waals surface area contributed by atoms with E-state index in [2.05, 4.69) is 12.2 Å². The average Bonchev–Trinajstić information content (AvgIpc) is 2.04. The Morgan fingerprint density at radius 3 is 2.46 bits per heavy atom. The summed E-state index contributed by atoms with van der Waals surface area (Å²) >= 11 is 5.35. The standard InChI is InChI=1S/C8H18ClNO2S/c1-2-5-10-6-3-7-13(11,12)8-4-9/h10H,2-8H2,1H3. The first-order chi connectivity index (χ1) is 6.12. The fraction of sp³-hybridized carbons (Fsp3) is 1.00. The molecule has 3 nitrogen and oxygen atoms in total. The molecule has 13 heavy (non-hydrogen) atoms. The van der Waals surface area contributed by atoms with E-state index in [4.69, 9.17) is 11.6 Å². The minimum atomic E-state index is -2.89. The zero-order chi connectivity index (χ0) is 10.2. The Morgan fingerprint density at radius 2 is 1.92 bits per heavy atom. The molecule has 5 heteroatoms. The maximum absolute atomic E-state index is 11.2. The first kappa shape index (κ1) is 13.2. The van der Waals surface area contributed by atoms with Gasteiger partial charge >= 0.3 is 0 Å². The van der Waals surface area contributed by atoms with Gasteiger partial charge in [-0.1, -0.05) is 6.92 Å². The van der Waals surface area contributed by atoms with Crippen LogP contribution in [0.4, 0.5) is 0 Å². The van der Waals surface area contributed by atoms with Gasteiger partial charge in [-0.15, -0.1) is 11.6 Å². The molecule has 0 aliphatic heterocycles. The molecule has 1 N–H and O–H groups in total. The Hall–Kier alpha value is 0.200. The summed E-state index contributed by atoms with van der Waals surface area (Å²) in [5.41, 5.74) is 0. The first-order valence-electron chi connectivity index (χ1n) is 4.59. The topological polar surface area (TPSA) is 46.2 Å². The first-order valence-corrected chi connectivity index (χ1v) is 6.95. The largest absolute Gasteiger partial charge is 0.317 e. The smallest absolute Gasteiger partial charge is 0.151 e. The second-order valence-electron chi connectivity index (χ2n) is 2.94. The van der Waals surface area contributed by atoms with Crippen LogP contribution in [0.15, 0.2) is 0 Å². The Balaban J connectivity index is 3.41. The molecule has 0 aromatic rings. The Kier molecular flexibility index (Phi) is 7.71. The number of halogens is 1. The fourth-order valence-corrected chi connectivity index (χ4v) is 2.67. The van der Waals surface area contributed by atoms with Gasteiger partial charge in [-0.3, -0.25) is 0 Å². The highest BCUT2D eigenvalue weighted by Gasteiger charge is 2.08. The van der Waals surface area contributed by atoms with E-state index in [0.717, 1.165) is 19.5 Å². The van der Waals surface area contributed by atoms with Gasteiger partial charge in [0.05, 0.1) is 11.5 Å². The molecule has 0 radical (unpaired) electrons. The summed E-state index contributed by atoms with van der Waals surface area (Å²) < 4.78 is 22.3. The quantitative estimate of drug-likeness (QED) is 0.498. The highest BCUT2D eigenvalue weighted by Crippen LogP contribution is 1.94. The lowest BCUT2D eigenvalue weighted by atomic mass is 10.4. The van der Waals surface area contributed by atoms with Crippen LogP contribution in [0.2, 0.25) is 0 Å². The van der Waals surface area contributed by atoms with Crippen molar-refractivity contribution in [2.24, 2.45) is 0 Å². The second kappa shape index (κ2) is 7.59. The van der Waals surface area contributed by atoms with Crippen molar-refractivity contribution in [1.82, 2.24) is 5.32 Å². The van der Waals surface area contributed by atoms with Gasteiger partial charge in [-0.2, -0.15) is 0 Å². The minimum Gasteiger partial charge on any atom is -0.317 e. The molecule has 0 unspecified atom stereocenters. The lowest BCUT2D eigenvalue weighted by Gasteiger charge is -2.03. The Bertz CT molecular complexity index is 204. The van der Waals surface area contributed by atoms with Gasteiger partial charge in [0.15, 0.2) is 9.84 Å². The number of sulfone groups is 1. The molecular weight excluding hydrogens is 210 g/mol. The molecule has 0 bridgehead atoms. The summed E-state index contributed by atoms with van der Waals surface area (Å²) in [6, 6.07) is 0. The molecule has 0 amide bonds. The Morgan fingerprint density at radius 1 is 1.23 bits per heavy atom. The van der Waals surface area contributed by atoms with Gasteiger partial charge in [0.25, 0.3) is 0 Å². The molecule has 80 valence electrons. The molecule has 0 aromatic heterocycles. The van der Waals surface area contributed by atoms with Crippen molar-refractivity contribution in [2.45, 2.75) is 19.8 Å². The molecule has 0 aromatic carbocycles. The molecule has 0 aliphatic rings. The second-order valence-corrected chi connectivity index (χ2v) is 5.63. The zero-order valence-electron chi connectivity index (χ0n) is 8.05. The van der Waals surface area contributed by atoms with Crippen LogP contribution < -0.4 is 5.32 Å². The summed E-state index contributed by atoms with van der Waals surface area (Å²) in [6.45, 7) is 3.81. The number of hydrogen-bond acceptors (Lipinski definition) is 3. The number of alkyl halides is 1. The highest BCUT2D eigenvalue weighted by molar-refractivity contribution is 7.91. The van der Waals surface area contributed by atoms with Gasteiger partial charge in [0.1, 0.15) is 0 Å². The van der Waals surface area contributed by atoms with Crippen LogP contribution in [0.25, 0.3) is 0 Å². The molecule has 0 atom stereocenters. The molecule has 0 rings (SSSR count).